The molecular weight excluding hydrogens is 368 g/mol. The molecule has 2 aromatic rings. The number of carbonyl (C=O) groups is 1. The molecule has 1 amide bonds. The van der Waals surface area contributed by atoms with Crippen molar-refractivity contribution in [3.05, 3.63) is 69.7 Å². The van der Waals surface area contributed by atoms with Crippen LogP contribution in [-0.4, -0.2) is 23.9 Å². The van der Waals surface area contributed by atoms with Crippen LogP contribution >= 0.6 is 11.6 Å². The third-order valence-electron chi connectivity index (χ3n) is 6.23. The minimum atomic E-state index is 0.0721. The third kappa shape index (κ3) is 4.59. The average Bonchev–Trinajstić information content (AvgIpc) is 3.16. The Morgan fingerprint density at radius 1 is 1.14 bits per heavy atom. The molecule has 0 saturated carbocycles. The average molecular weight is 397 g/mol. The van der Waals surface area contributed by atoms with E-state index < -0.39 is 0 Å². The van der Waals surface area contributed by atoms with Crippen molar-refractivity contribution in [2.45, 2.75) is 51.6 Å². The SMILES string of the molecule is C[C@@H](NC(=O)C1CCN(Cc2cccc(Cl)c2)CC1)c1ccc2c(c1)CCC2. The van der Waals surface area contributed by atoms with E-state index in [2.05, 4.69) is 41.4 Å². The Balaban J connectivity index is 1.28. The number of halogens is 1. The molecule has 0 aromatic heterocycles. The van der Waals surface area contributed by atoms with Crippen LogP contribution in [-0.2, 0) is 24.2 Å². The number of carbonyl (C=O) groups excluding carboxylic acids is 1. The summed E-state index contributed by atoms with van der Waals surface area (Å²) in [6.45, 7) is 4.92. The van der Waals surface area contributed by atoms with E-state index in [0.717, 1.165) is 37.5 Å². The third-order valence-corrected chi connectivity index (χ3v) is 6.47. The minimum Gasteiger partial charge on any atom is -0.349 e. The van der Waals surface area contributed by atoms with Crippen LogP contribution in [0.4, 0.5) is 0 Å². The maximum Gasteiger partial charge on any atom is 0.223 e. The number of nitrogens with zero attached hydrogens (tertiary/aromatic N) is 1. The predicted molar refractivity (Wildman–Crippen MR) is 114 cm³/mol. The number of nitrogens with one attached hydrogen (secondary N) is 1. The van der Waals surface area contributed by atoms with Crippen molar-refractivity contribution in [3.8, 4) is 0 Å². The van der Waals surface area contributed by atoms with E-state index in [1.807, 2.05) is 18.2 Å². The molecule has 4 heteroatoms. The molecule has 1 aliphatic carbocycles. The van der Waals surface area contributed by atoms with E-state index in [4.69, 9.17) is 11.6 Å². The Morgan fingerprint density at radius 2 is 1.93 bits per heavy atom. The smallest absolute Gasteiger partial charge is 0.223 e. The van der Waals surface area contributed by atoms with Crippen LogP contribution in [0, 0.1) is 5.92 Å². The number of fused-ring (bicyclic) bond motifs is 1. The van der Waals surface area contributed by atoms with Crippen LogP contribution in [0.1, 0.15) is 54.5 Å². The van der Waals surface area contributed by atoms with Crippen LogP contribution in [0.15, 0.2) is 42.5 Å². The van der Waals surface area contributed by atoms with Crippen molar-refractivity contribution in [2.24, 2.45) is 5.92 Å². The van der Waals surface area contributed by atoms with Gasteiger partial charge in [0.15, 0.2) is 0 Å². The van der Waals surface area contributed by atoms with Gasteiger partial charge in [0, 0.05) is 17.5 Å². The fraction of sp³-hybridized carbons (Fsp3) is 0.458. The van der Waals surface area contributed by atoms with Crippen molar-refractivity contribution >= 4 is 17.5 Å². The van der Waals surface area contributed by atoms with Gasteiger partial charge in [0.1, 0.15) is 0 Å². The summed E-state index contributed by atoms with van der Waals surface area (Å²) in [5.41, 5.74) is 5.41. The quantitative estimate of drug-likeness (QED) is 0.778. The van der Waals surface area contributed by atoms with E-state index in [0.29, 0.717) is 0 Å². The van der Waals surface area contributed by atoms with Crippen molar-refractivity contribution in [2.75, 3.05) is 13.1 Å². The molecule has 1 heterocycles. The maximum absolute atomic E-state index is 12.8. The number of likely N-dealkylation sites (tertiary alicyclic amines) is 1. The monoisotopic (exact) mass is 396 g/mol. The van der Waals surface area contributed by atoms with Gasteiger partial charge >= 0.3 is 0 Å². The van der Waals surface area contributed by atoms with Crippen LogP contribution < -0.4 is 5.32 Å². The van der Waals surface area contributed by atoms with Gasteiger partial charge in [-0.05, 0) is 86.5 Å². The van der Waals surface area contributed by atoms with Gasteiger partial charge in [-0.25, -0.2) is 0 Å². The lowest BCUT2D eigenvalue weighted by atomic mass is 9.94. The second-order valence-electron chi connectivity index (χ2n) is 8.29. The molecule has 0 spiro atoms. The lowest BCUT2D eigenvalue weighted by molar-refractivity contribution is -0.127. The summed E-state index contributed by atoms with van der Waals surface area (Å²) < 4.78 is 0. The lowest BCUT2D eigenvalue weighted by Gasteiger charge is -2.32. The minimum absolute atomic E-state index is 0.0721. The molecule has 148 valence electrons. The molecule has 1 aliphatic heterocycles. The van der Waals surface area contributed by atoms with Crippen LogP contribution in [0.2, 0.25) is 5.02 Å². The Bertz CT molecular complexity index is 842. The highest BCUT2D eigenvalue weighted by Crippen LogP contribution is 2.26. The van der Waals surface area contributed by atoms with Gasteiger partial charge in [0.25, 0.3) is 0 Å². The van der Waals surface area contributed by atoms with E-state index >= 15 is 0 Å². The zero-order chi connectivity index (χ0) is 19.5. The Morgan fingerprint density at radius 3 is 2.71 bits per heavy atom. The van der Waals surface area contributed by atoms with Gasteiger partial charge in [-0.15, -0.1) is 0 Å². The van der Waals surface area contributed by atoms with Gasteiger partial charge < -0.3 is 5.32 Å². The van der Waals surface area contributed by atoms with E-state index in [1.54, 1.807) is 0 Å². The van der Waals surface area contributed by atoms with Crippen molar-refractivity contribution in [1.29, 1.82) is 0 Å². The van der Waals surface area contributed by atoms with Gasteiger partial charge in [0.05, 0.1) is 6.04 Å². The maximum atomic E-state index is 12.8. The van der Waals surface area contributed by atoms with Gasteiger partial charge in [0.2, 0.25) is 5.91 Å². The molecule has 1 atom stereocenters. The second-order valence-corrected chi connectivity index (χ2v) is 8.73. The first-order chi connectivity index (χ1) is 13.6. The van der Waals surface area contributed by atoms with Crippen molar-refractivity contribution in [3.63, 3.8) is 0 Å². The number of hydrogen-bond acceptors (Lipinski definition) is 2. The normalized spacial score (nSPS) is 18.6. The number of amides is 1. The van der Waals surface area contributed by atoms with Crippen molar-refractivity contribution in [1.82, 2.24) is 10.2 Å². The van der Waals surface area contributed by atoms with Gasteiger partial charge in [-0.3, -0.25) is 9.69 Å². The summed E-state index contributed by atoms with van der Waals surface area (Å²) in [7, 11) is 0. The van der Waals surface area contributed by atoms with Crippen LogP contribution in [0.3, 0.4) is 0 Å². The summed E-state index contributed by atoms with van der Waals surface area (Å²) in [6, 6.07) is 14.8. The molecular formula is C24H29ClN2O. The number of aryl methyl sites for hydroxylation is 2. The summed E-state index contributed by atoms with van der Waals surface area (Å²) in [4.78, 5) is 15.2. The van der Waals surface area contributed by atoms with Gasteiger partial charge in [-0.2, -0.15) is 0 Å². The summed E-state index contributed by atoms with van der Waals surface area (Å²) in [5, 5.41) is 4.04. The zero-order valence-electron chi connectivity index (χ0n) is 16.6. The van der Waals surface area contributed by atoms with Crippen LogP contribution in [0.5, 0.6) is 0 Å². The summed E-state index contributed by atoms with van der Waals surface area (Å²) in [6.07, 6.45) is 5.47. The highest BCUT2D eigenvalue weighted by molar-refractivity contribution is 6.30. The Kier molecular flexibility index (Phi) is 6.03. The molecule has 2 aromatic carbocycles. The summed E-state index contributed by atoms with van der Waals surface area (Å²) >= 11 is 6.09. The predicted octanol–water partition coefficient (Wildman–Crippen LogP) is 4.92. The molecule has 1 fully saturated rings. The molecule has 1 N–H and O–H groups in total. The number of rotatable bonds is 5. The first kappa shape index (κ1) is 19.5. The van der Waals surface area contributed by atoms with E-state index in [-0.39, 0.29) is 17.9 Å². The van der Waals surface area contributed by atoms with Crippen molar-refractivity contribution < 1.29 is 4.79 Å². The molecule has 0 radical (unpaired) electrons. The number of benzene rings is 2. The number of hydrogen-bond donors (Lipinski definition) is 1. The topological polar surface area (TPSA) is 32.3 Å². The lowest BCUT2D eigenvalue weighted by Crippen LogP contribution is -2.40. The fourth-order valence-corrected chi connectivity index (χ4v) is 4.74. The van der Waals surface area contributed by atoms with Crippen LogP contribution in [0.25, 0.3) is 0 Å². The highest BCUT2D eigenvalue weighted by Gasteiger charge is 2.26. The molecule has 28 heavy (non-hydrogen) atoms. The molecule has 1 saturated heterocycles. The molecule has 0 bridgehead atoms. The Labute approximate surface area is 173 Å². The van der Waals surface area contributed by atoms with E-state index in [9.17, 15) is 4.79 Å². The standard InChI is InChI=1S/C24H29ClN2O/c1-17(21-9-8-19-5-3-6-22(19)15-21)26-24(28)20-10-12-27(13-11-20)16-18-4-2-7-23(25)14-18/h2,4,7-9,14-15,17,20H,3,5-6,10-13,16H2,1H3,(H,26,28)/t17-/m1/s1. The summed E-state index contributed by atoms with van der Waals surface area (Å²) in [5.74, 6) is 0.322. The molecule has 3 nitrogen and oxygen atoms in total. The largest absolute Gasteiger partial charge is 0.349 e. The fourth-order valence-electron chi connectivity index (χ4n) is 4.52. The molecule has 0 unspecified atom stereocenters. The zero-order valence-corrected chi connectivity index (χ0v) is 17.3. The molecule has 4 rings (SSSR count). The first-order valence-electron chi connectivity index (χ1n) is 10.5. The Hall–Kier alpha value is -1.84. The van der Waals surface area contributed by atoms with Gasteiger partial charge in [-0.1, -0.05) is 41.9 Å². The second kappa shape index (κ2) is 8.67. The highest BCUT2D eigenvalue weighted by atomic mass is 35.5. The number of piperidine rings is 1. The van der Waals surface area contributed by atoms with E-state index in [1.165, 1.54) is 41.5 Å². The molecule has 2 aliphatic rings. The first-order valence-corrected chi connectivity index (χ1v) is 10.8.